The summed E-state index contributed by atoms with van der Waals surface area (Å²) in [6.45, 7) is 0. The molecule has 0 spiro atoms. The van der Waals surface area contributed by atoms with Gasteiger partial charge >= 0.3 is 0 Å². The van der Waals surface area contributed by atoms with E-state index in [4.69, 9.17) is 4.74 Å². The second kappa shape index (κ2) is 10.0. The SMILES string of the molecule is COc1ccccc1C(CC(c1cn(C)c2ccccc12)c1cn(C)c2ccccc12)c1cn(C)c2ccccc12. The Bertz CT molecular complexity index is 1940. The van der Waals surface area contributed by atoms with Crippen LogP contribution in [0.3, 0.4) is 0 Å². The second-order valence-electron chi connectivity index (χ2n) is 11.2. The van der Waals surface area contributed by atoms with Crippen LogP contribution in [0.4, 0.5) is 0 Å². The van der Waals surface area contributed by atoms with E-state index in [1.807, 2.05) is 0 Å². The van der Waals surface area contributed by atoms with Gasteiger partial charge < -0.3 is 18.4 Å². The molecule has 0 radical (unpaired) electrons. The number of benzene rings is 4. The molecular weight excluding hydrogens is 502 g/mol. The van der Waals surface area contributed by atoms with Crippen LogP contribution in [0, 0.1) is 0 Å². The number of ether oxygens (including phenoxy) is 1. The number of para-hydroxylation sites is 4. The minimum atomic E-state index is 0.111. The van der Waals surface area contributed by atoms with E-state index in [1.165, 1.54) is 55.0 Å². The van der Waals surface area contributed by atoms with Gasteiger partial charge in [-0.05, 0) is 47.4 Å². The Kier molecular flexibility index (Phi) is 6.19. The lowest BCUT2D eigenvalue weighted by Crippen LogP contribution is -2.11. The van der Waals surface area contributed by atoms with Crippen LogP contribution < -0.4 is 4.74 Å². The molecule has 4 aromatic carbocycles. The first kappa shape index (κ1) is 25.3. The molecule has 7 rings (SSSR count). The zero-order valence-electron chi connectivity index (χ0n) is 24.1. The average Bonchev–Trinajstić information content (AvgIpc) is 3.65. The molecule has 4 heteroatoms. The third-order valence-corrected chi connectivity index (χ3v) is 8.90. The van der Waals surface area contributed by atoms with Crippen LogP contribution in [-0.4, -0.2) is 20.8 Å². The highest BCUT2D eigenvalue weighted by Gasteiger charge is 2.30. The number of rotatable bonds is 7. The summed E-state index contributed by atoms with van der Waals surface area (Å²) >= 11 is 0. The number of hydrogen-bond acceptors (Lipinski definition) is 1. The summed E-state index contributed by atoms with van der Waals surface area (Å²) in [5.74, 6) is 1.20. The van der Waals surface area contributed by atoms with Crippen molar-refractivity contribution in [2.24, 2.45) is 21.1 Å². The van der Waals surface area contributed by atoms with Crippen molar-refractivity contribution in [2.75, 3.05) is 7.11 Å². The lowest BCUT2D eigenvalue weighted by molar-refractivity contribution is 0.406. The van der Waals surface area contributed by atoms with Crippen LogP contribution in [0.1, 0.15) is 40.5 Å². The molecule has 41 heavy (non-hydrogen) atoms. The highest BCUT2D eigenvalue weighted by Crippen LogP contribution is 2.47. The summed E-state index contributed by atoms with van der Waals surface area (Å²) in [5, 5.41) is 3.91. The van der Waals surface area contributed by atoms with Gasteiger partial charge in [0.05, 0.1) is 7.11 Å². The van der Waals surface area contributed by atoms with Crippen molar-refractivity contribution in [3.63, 3.8) is 0 Å². The summed E-state index contributed by atoms with van der Waals surface area (Å²) in [7, 11) is 8.26. The van der Waals surface area contributed by atoms with Gasteiger partial charge in [0.1, 0.15) is 5.75 Å². The highest BCUT2D eigenvalue weighted by atomic mass is 16.5. The third-order valence-electron chi connectivity index (χ3n) is 8.90. The van der Waals surface area contributed by atoms with Gasteiger partial charge in [0, 0.05) is 89.8 Å². The van der Waals surface area contributed by atoms with Gasteiger partial charge in [-0.2, -0.15) is 0 Å². The summed E-state index contributed by atoms with van der Waals surface area (Å²) in [6.07, 6.45) is 7.92. The van der Waals surface area contributed by atoms with Crippen molar-refractivity contribution in [3.05, 3.63) is 138 Å². The van der Waals surface area contributed by atoms with E-state index in [1.54, 1.807) is 7.11 Å². The average molecular weight is 538 g/mol. The molecule has 7 aromatic rings. The van der Waals surface area contributed by atoms with Gasteiger partial charge in [0.25, 0.3) is 0 Å². The lowest BCUT2D eigenvalue weighted by atomic mass is 9.77. The molecule has 204 valence electrons. The molecule has 3 aromatic heterocycles. The van der Waals surface area contributed by atoms with Crippen molar-refractivity contribution in [2.45, 2.75) is 18.3 Å². The fraction of sp³-hybridized carbons (Fsp3) is 0.189. The van der Waals surface area contributed by atoms with Crippen molar-refractivity contribution < 1.29 is 4.74 Å². The van der Waals surface area contributed by atoms with E-state index in [0.717, 1.165) is 12.2 Å². The first-order chi connectivity index (χ1) is 20.0. The molecule has 1 unspecified atom stereocenters. The fourth-order valence-electron chi connectivity index (χ4n) is 6.99. The first-order valence-corrected chi connectivity index (χ1v) is 14.3. The summed E-state index contributed by atoms with van der Waals surface area (Å²) < 4.78 is 12.8. The number of aromatic nitrogens is 3. The Hall–Kier alpha value is -4.70. The van der Waals surface area contributed by atoms with Crippen LogP contribution in [0.5, 0.6) is 5.75 Å². The normalized spacial score (nSPS) is 12.6. The number of aryl methyl sites for hydroxylation is 3. The van der Waals surface area contributed by atoms with Gasteiger partial charge in [-0.25, -0.2) is 0 Å². The van der Waals surface area contributed by atoms with Crippen molar-refractivity contribution in [3.8, 4) is 5.75 Å². The zero-order valence-corrected chi connectivity index (χ0v) is 24.1. The molecule has 0 saturated carbocycles. The fourth-order valence-corrected chi connectivity index (χ4v) is 6.99. The quantitative estimate of drug-likeness (QED) is 0.200. The maximum atomic E-state index is 5.99. The zero-order chi connectivity index (χ0) is 28.1. The molecule has 0 aliphatic carbocycles. The molecule has 0 aliphatic rings. The van der Waals surface area contributed by atoms with Crippen molar-refractivity contribution in [1.29, 1.82) is 0 Å². The maximum Gasteiger partial charge on any atom is 0.122 e. The molecule has 1 atom stereocenters. The molecule has 0 bridgehead atoms. The minimum absolute atomic E-state index is 0.111. The Morgan fingerprint density at radius 2 is 0.854 bits per heavy atom. The highest BCUT2D eigenvalue weighted by molar-refractivity contribution is 5.89. The number of nitrogens with zero attached hydrogens (tertiary/aromatic N) is 3. The van der Waals surface area contributed by atoms with E-state index >= 15 is 0 Å². The first-order valence-electron chi connectivity index (χ1n) is 14.3. The molecule has 3 heterocycles. The summed E-state index contributed by atoms with van der Waals surface area (Å²) in [4.78, 5) is 0. The van der Waals surface area contributed by atoms with E-state index in [9.17, 15) is 0 Å². The summed E-state index contributed by atoms with van der Waals surface area (Å²) in [5.41, 5.74) is 9.03. The Morgan fingerprint density at radius 3 is 1.29 bits per heavy atom. The molecule has 0 aliphatic heterocycles. The summed E-state index contributed by atoms with van der Waals surface area (Å²) in [6, 6.07) is 34.9. The van der Waals surface area contributed by atoms with Crippen LogP contribution in [0.15, 0.2) is 116 Å². The van der Waals surface area contributed by atoms with Gasteiger partial charge in [0.2, 0.25) is 0 Å². The number of hydrogen-bond donors (Lipinski definition) is 0. The van der Waals surface area contributed by atoms with Crippen molar-refractivity contribution >= 4 is 32.7 Å². The molecule has 0 amide bonds. The molecular formula is C37H35N3O. The predicted molar refractivity (Wildman–Crippen MR) is 170 cm³/mol. The van der Waals surface area contributed by atoms with E-state index in [0.29, 0.717) is 0 Å². The van der Waals surface area contributed by atoms with Crippen LogP contribution in [-0.2, 0) is 21.1 Å². The largest absolute Gasteiger partial charge is 0.496 e. The van der Waals surface area contributed by atoms with Gasteiger partial charge in [0.15, 0.2) is 0 Å². The predicted octanol–water partition coefficient (Wildman–Crippen LogP) is 8.52. The Balaban J connectivity index is 1.51. The lowest BCUT2D eigenvalue weighted by Gasteiger charge is -2.26. The molecule has 0 N–H and O–H groups in total. The minimum Gasteiger partial charge on any atom is -0.496 e. The van der Waals surface area contributed by atoms with E-state index in [-0.39, 0.29) is 11.8 Å². The van der Waals surface area contributed by atoms with Gasteiger partial charge in [-0.3, -0.25) is 0 Å². The van der Waals surface area contributed by atoms with Gasteiger partial charge in [-0.1, -0.05) is 72.8 Å². The second-order valence-corrected chi connectivity index (χ2v) is 11.2. The van der Waals surface area contributed by atoms with E-state index < -0.39 is 0 Å². The van der Waals surface area contributed by atoms with Crippen molar-refractivity contribution in [1.82, 2.24) is 13.7 Å². The Morgan fingerprint density at radius 1 is 0.488 bits per heavy atom. The topological polar surface area (TPSA) is 24.0 Å². The number of fused-ring (bicyclic) bond motifs is 3. The van der Waals surface area contributed by atoms with Crippen LogP contribution in [0.25, 0.3) is 32.7 Å². The molecule has 0 fully saturated rings. The third kappa shape index (κ3) is 4.13. The van der Waals surface area contributed by atoms with Crippen LogP contribution >= 0.6 is 0 Å². The number of methoxy groups -OCH3 is 1. The Labute approximate surface area is 241 Å². The molecule has 4 nitrogen and oxygen atoms in total. The monoisotopic (exact) mass is 537 g/mol. The standard InChI is InChI=1S/C37H35N3O/c1-38-22-31(25-13-5-9-17-34(25)38)29(28-16-8-12-20-37(28)41-4)21-30(32-23-39(2)35-18-10-6-14-26(32)35)33-24-40(3)36-19-11-7-15-27(33)36/h5-20,22-24,29-30H,21H2,1-4H3. The van der Waals surface area contributed by atoms with Gasteiger partial charge in [-0.15, -0.1) is 0 Å². The molecule has 0 saturated heterocycles. The van der Waals surface area contributed by atoms with Crippen LogP contribution in [0.2, 0.25) is 0 Å². The van der Waals surface area contributed by atoms with E-state index in [2.05, 4.69) is 150 Å². The maximum absolute atomic E-state index is 5.99. The smallest absolute Gasteiger partial charge is 0.122 e.